The topological polar surface area (TPSA) is 53.3 Å². The molecule has 0 bridgehead atoms. The Hall–Kier alpha value is -3.12. The van der Waals surface area contributed by atoms with Gasteiger partial charge in [-0.1, -0.05) is 35.9 Å². The lowest BCUT2D eigenvalue weighted by Gasteiger charge is -2.33. The van der Waals surface area contributed by atoms with Gasteiger partial charge in [0, 0.05) is 32.1 Å². The maximum Gasteiger partial charge on any atom is 0.204 e. The Labute approximate surface area is 194 Å². The van der Waals surface area contributed by atoms with Crippen molar-refractivity contribution in [1.82, 2.24) is 14.5 Å². The number of benzene rings is 2. The highest BCUT2D eigenvalue weighted by Crippen LogP contribution is 2.25. The van der Waals surface area contributed by atoms with Gasteiger partial charge < -0.3 is 19.9 Å². The van der Waals surface area contributed by atoms with Gasteiger partial charge in [0.1, 0.15) is 5.82 Å². The summed E-state index contributed by atoms with van der Waals surface area (Å²) in [7, 11) is 0. The molecule has 2 heterocycles. The lowest BCUT2D eigenvalue weighted by Crippen LogP contribution is -2.40. The van der Waals surface area contributed by atoms with Crippen LogP contribution in [-0.4, -0.2) is 45.2 Å². The normalized spacial score (nSPS) is 17.7. The standard InChI is InChI=1S/C27H31FN4O/c28-22-9-5-21(6-10-22)19-32-26-4-2-1-3-25(26)30-27(32)29-23-14-17-31(18-15-23)16-13-20-7-11-24(33)12-8-20/h1-7,9-11,23,33H,8,12-19H2,(H,29,30). The van der Waals surface area contributed by atoms with Crippen LogP contribution in [0.1, 0.15) is 37.7 Å². The number of piperidine rings is 1. The lowest BCUT2D eigenvalue weighted by atomic mass is 9.99. The average molecular weight is 447 g/mol. The minimum atomic E-state index is -0.214. The molecule has 6 heteroatoms. The first kappa shape index (κ1) is 21.7. The number of imidazole rings is 1. The SMILES string of the molecule is OC1=CC=C(CCN2CCC(Nc3nc4ccccc4n3Cc3ccc(F)cc3)CC2)CC1. The van der Waals surface area contributed by atoms with Crippen LogP contribution in [0.15, 0.2) is 72.0 Å². The van der Waals surface area contributed by atoms with Gasteiger partial charge in [0.15, 0.2) is 0 Å². The van der Waals surface area contributed by atoms with Gasteiger partial charge in [0.2, 0.25) is 5.95 Å². The van der Waals surface area contributed by atoms with E-state index < -0.39 is 0 Å². The highest BCUT2D eigenvalue weighted by Gasteiger charge is 2.21. The van der Waals surface area contributed by atoms with E-state index in [0.717, 1.165) is 74.3 Å². The molecule has 3 aromatic rings. The number of aliphatic hydroxyl groups excluding tert-OH is 1. The minimum absolute atomic E-state index is 0.214. The van der Waals surface area contributed by atoms with Crippen molar-refractivity contribution >= 4 is 17.0 Å². The highest BCUT2D eigenvalue weighted by molar-refractivity contribution is 5.78. The second kappa shape index (κ2) is 9.79. The van der Waals surface area contributed by atoms with Crippen LogP contribution in [0.25, 0.3) is 11.0 Å². The molecule has 1 aliphatic carbocycles. The van der Waals surface area contributed by atoms with Crippen molar-refractivity contribution in [1.29, 1.82) is 0 Å². The quantitative estimate of drug-likeness (QED) is 0.492. The zero-order chi connectivity index (χ0) is 22.6. The molecule has 1 fully saturated rings. The lowest BCUT2D eigenvalue weighted by molar-refractivity contribution is 0.220. The number of para-hydroxylation sites is 2. The van der Waals surface area contributed by atoms with E-state index in [9.17, 15) is 9.50 Å². The van der Waals surface area contributed by atoms with Crippen molar-refractivity contribution < 1.29 is 9.50 Å². The summed E-state index contributed by atoms with van der Waals surface area (Å²) < 4.78 is 15.6. The maximum absolute atomic E-state index is 13.4. The molecular weight excluding hydrogens is 415 g/mol. The van der Waals surface area contributed by atoms with Crippen LogP contribution in [0.3, 0.4) is 0 Å². The Morgan fingerprint density at radius 1 is 1.00 bits per heavy atom. The Kier molecular flexibility index (Phi) is 6.44. The first-order valence-electron chi connectivity index (χ1n) is 11.9. The molecule has 1 saturated heterocycles. The third-order valence-corrected chi connectivity index (χ3v) is 6.79. The molecule has 1 aliphatic heterocycles. The van der Waals surface area contributed by atoms with Gasteiger partial charge in [-0.2, -0.15) is 0 Å². The summed E-state index contributed by atoms with van der Waals surface area (Å²) in [5.41, 5.74) is 4.54. The van der Waals surface area contributed by atoms with Crippen molar-refractivity contribution in [3.63, 3.8) is 0 Å². The van der Waals surface area contributed by atoms with E-state index in [-0.39, 0.29) is 5.82 Å². The summed E-state index contributed by atoms with van der Waals surface area (Å²) in [6.45, 7) is 3.88. The van der Waals surface area contributed by atoms with E-state index in [4.69, 9.17) is 4.98 Å². The van der Waals surface area contributed by atoms with Crippen LogP contribution in [0, 0.1) is 5.82 Å². The Morgan fingerprint density at radius 3 is 2.55 bits per heavy atom. The number of aromatic nitrogens is 2. The molecule has 0 radical (unpaired) electrons. The molecule has 5 nitrogen and oxygen atoms in total. The van der Waals surface area contributed by atoms with E-state index >= 15 is 0 Å². The maximum atomic E-state index is 13.4. The van der Waals surface area contributed by atoms with Crippen LogP contribution in [0.5, 0.6) is 0 Å². The summed E-state index contributed by atoms with van der Waals surface area (Å²) >= 11 is 0. The van der Waals surface area contributed by atoms with E-state index in [2.05, 4.69) is 26.9 Å². The molecule has 2 aliphatic rings. The summed E-state index contributed by atoms with van der Waals surface area (Å²) in [4.78, 5) is 7.41. The van der Waals surface area contributed by atoms with Crippen molar-refractivity contribution in [3.05, 3.63) is 83.4 Å². The largest absolute Gasteiger partial charge is 0.512 e. The average Bonchev–Trinajstić information content (AvgIpc) is 3.18. The van der Waals surface area contributed by atoms with Crippen LogP contribution < -0.4 is 5.32 Å². The summed E-state index contributed by atoms with van der Waals surface area (Å²) in [6, 6.07) is 15.3. The third kappa shape index (κ3) is 5.28. The van der Waals surface area contributed by atoms with Gasteiger partial charge in [0.05, 0.1) is 23.3 Å². The molecule has 0 saturated carbocycles. The number of likely N-dealkylation sites (tertiary alicyclic amines) is 1. The number of aliphatic hydroxyl groups is 1. The number of hydrogen-bond donors (Lipinski definition) is 2. The van der Waals surface area contributed by atoms with Gasteiger partial charge in [-0.05, 0) is 61.6 Å². The Bertz CT molecular complexity index is 1160. The van der Waals surface area contributed by atoms with Gasteiger partial charge >= 0.3 is 0 Å². The van der Waals surface area contributed by atoms with Gasteiger partial charge in [0.25, 0.3) is 0 Å². The molecule has 1 aromatic heterocycles. The molecule has 2 N–H and O–H groups in total. The van der Waals surface area contributed by atoms with E-state index in [1.165, 1.54) is 17.7 Å². The Balaban J connectivity index is 1.22. The molecule has 0 amide bonds. The number of rotatable bonds is 7. The van der Waals surface area contributed by atoms with Crippen molar-refractivity contribution in [2.45, 2.75) is 44.7 Å². The number of anilines is 1. The first-order valence-corrected chi connectivity index (χ1v) is 11.9. The van der Waals surface area contributed by atoms with Crippen molar-refractivity contribution in [2.24, 2.45) is 0 Å². The number of allylic oxidation sites excluding steroid dienone is 3. The fraction of sp³-hybridized carbons (Fsp3) is 0.370. The van der Waals surface area contributed by atoms with Crippen LogP contribution in [0.4, 0.5) is 10.3 Å². The van der Waals surface area contributed by atoms with Crippen molar-refractivity contribution in [2.75, 3.05) is 25.0 Å². The van der Waals surface area contributed by atoms with E-state index in [1.54, 1.807) is 0 Å². The van der Waals surface area contributed by atoms with Crippen LogP contribution >= 0.6 is 0 Å². The molecule has 2 aromatic carbocycles. The van der Waals surface area contributed by atoms with Crippen LogP contribution in [-0.2, 0) is 6.54 Å². The van der Waals surface area contributed by atoms with Gasteiger partial charge in [-0.3, -0.25) is 0 Å². The molecule has 172 valence electrons. The fourth-order valence-electron chi connectivity index (χ4n) is 4.78. The predicted octanol–water partition coefficient (Wildman–Crippen LogP) is 5.65. The smallest absolute Gasteiger partial charge is 0.204 e. The number of nitrogens with one attached hydrogen (secondary N) is 1. The molecule has 0 atom stereocenters. The van der Waals surface area contributed by atoms with Crippen LogP contribution in [0.2, 0.25) is 0 Å². The summed E-state index contributed by atoms with van der Waals surface area (Å²) in [5.74, 6) is 1.17. The number of nitrogens with zero attached hydrogens (tertiary/aromatic N) is 3. The minimum Gasteiger partial charge on any atom is -0.512 e. The Morgan fingerprint density at radius 2 is 1.79 bits per heavy atom. The monoisotopic (exact) mass is 446 g/mol. The molecule has 5 rings (SSSR count). The van der Waals surface area contributed by atoms with Gasteiger partial charge in [-0.25, -0.2) is 9.37 Å². The van der Waals surface area contributed by atoms with Gasteiger partial charge in [-0.15, -0.1) is 0 Å². The van der Waals surface area contributed by atoms with Crippen molar-refractivity contribution in [3.8, 4) is 0 Å². The zero-order valence-corrected chi connectivity index (χ0v) is 18.9. The molecule has 33 heavy (non-hydrogen) atoms. The second-order valence-corrected chi connectivity index (χ2v) is 9.13. The predicted molar refractivity (Wildman–Crippen MR) is 131 cm³/mol. The number of hydrogen-bond acceptors (Lipinski definition) is 4. The number of fused-ring (bicyclic) bond motifs is 1. The molecule has 0 spiro atoms. The second-order valence-electron chi connectivity index (χ2n) is 9.13. The first-order chi connectivity index (χ1) is 16.1. The summed E-state index contributed by atoms with van der Waals surface area (Å²) in [5, 5.41) is 13.2. The zero-order valence-electron chi connectivity index (χ0n) is 18.9. The molecular formula is C27H31FN4O. The summed E-state index contributed by atoms with van der Waals surface area (Å²) in [6.07, 6.45) is 8.92. The third-order valence-electron chi connectivity index (χ3n) is 6.79. The van der Waals surface area contributed by atoms with E-state index in [1.807, 2.05) is 36.4 Å². The molecule has 0 unspecified atom stereocenters. The highest BCUT2D eigenvalue weighted by atomic mass is 19.1. The number of halogens is 1. The fourth-order valence-corrected chi connectivity index (χ4v) is 4.78. The van der Waals surface area contributed by atoms with E-state index in [0.29, 0.717) is 18.3 Å².